The van der Waals surface area contributed by atoms with Crippen molar-refractivity contribution in [3.05, 3.63) is 22.1 Å². The van der Waals surface area contributed by atoms with E-state index >= 15 is 0 Å². The summed E-state index contributed by atoms with van der Waals surface area (Å²) in [6.07, 6.45) is -4.61. The van der Waals surface area contributed by atoms with E-state index in [-0.39, 0.29) is 12.0 Å². The molecule has 7 heteroatoms. The molecule has 0 saturated carbocycles. The van der Waals surface area contributed by atoms with E-state index in [2.05, 4.69) is 15.3 Å². The second-order valence-electron chi connectivity index (χ2n) is 3.28. The molecule has 0 aliphatic heterocycles. The Balaban J connectivity index is 3.11. The first kappa shape index (κ1) is 11.5. The number of hydrogen-bond donors (Lipinski definition) is 2. The molecule has 84 valence electrons. The highest BCUT2D eigenvalue weighted by molar-refractivity contribution is 5.26. The van der Waals surface area contributed by atoms with Crippen molar-refractivity contribution >= 4 is 5.95 Å². The zero-order chi connectivity index (χ0) is 11.6. The van der Waals surface area contributed by atoms with Gasteiger partial charge in [-0.1, -0.05) is 0 Å². The highest BCUT2D eigenvalue weighted by Crippen LogP contribution is 2.26. The summed E-state index contributed by atoms with van der Waals surface area (Å²) in [5.41, 5.74) is -2.03. The average Bonchev–Trinajstić information content (AvgIpc) is 1.99. The van der Waals surface area contributed by atoms with E-state index in [0.717, 1.165) is 0 Å². The van der Waals surface area contributed by atoms with Crippen LogP contribution >= 0.6 is 0 Å². The molecule has 4 nitrogen and oxygen atoms in total. The Morgan fingerprint density at radius 3 is 2.53 bits per heavy atom. The first-order chi connectivity index (χ1) is 6.79. The lowest BCUT2D eigenvalue weighted by Gasteiger charge is -2.10. The van der Waals surface area contributed by atoms with Crippen molar-refractivity contribution in [3.8, 4) is 0 Å². The summed E-state index contributed by atoms with van der Waals surface area (Å²) in [5.74, 6) is -0.176. The van der Waals surface area contributed by atoms with Gasteiger partial charge in [0, 0.05) is 12.1 Å². The van der Waals surface area contributed by atoms with E-state index in [1.165, 1.54) is 0 Å². The highest BCUT2D eigenvalue weighted by Gasteiger charge is 2.33. The minimum absolute atomic E-state index is 0.114. The normalized spacial score (nSPS) is 11.9. The molecule has 1 heterocycles. The van der Waals surface area contributed by atoms with E-state index in [1.807, 2.05) is 0 Å². The molecule has 0 fully saturated rings. The maximum absolute atomic E-state index is 12.2. The molecular weight excluding hydrogens is 211 g/mol. The van der Waals surface area contributed by atoms with Crippen molar-refractivity contribution in [1.29, 1.82) is 0 Å². The van der Waals surface area contributed by atoms with Crippen molar-refractivity contribution in [2.75, 3.05) is 5.32 Å². The number of alkyl halides is 3. The highest BCUT2D eigenvalue weighted by atomic mass is 19.4. The number of nitrogens with one attached hydrogen (secondary N) is 2. The van der Waals surface area contributed by atoms with E-state index < -0.39 is 17.4 Å². The van der Waals surface area contributed by atoms with Gasteiger partial charge in [0.15, 0.2) is 5.69 Å². The van der Waals surface area contributed by atoms with Crippen LogP contribution in [0.1, 0.15) is 19.5 Å². The van der Waals surface area contributed by atoms with Crippen LogP contribution in [-0.2, 0) is 6.18 Å². The van der Waals surface area contributed by atoms with E-state index in [0.29, 0.717) is 6.07 Å². The summed E-state index contributed by atoms with van der Waals surface area (Å²) in [7, 11) is 0. The predicted molar refractivity (Wildman–Crippen MR) is 48.6 cm³/mol. The lowest BCUT2D eigenvalue weighted by Crippen LogP contribution is -2.21. The topological polar surface area (TPSA) is 57.8 Å². The van der Waals surface area contributed by atoms with Crippen molar-refractivity contribution in [2.24, 2.45) is 0 Å². The molecule has 0 bridgehead atoms. The molecule has 0 aliphatic carbocycles. The van der Waals surface area contributed by atoms with Crippen LogP contribution in [0.2, 0.25) is 0 Å². The Hall–Kier alpha value is -1.53. The fourth-order valence-electron chi connectivity index (χ4n) is 0.945. The molecular formula is C8H10F3N3O. The molecule has 0 saturated heterocycles. The maximum Gasteiger partial charge on any atom is 0.433 e. The molecule has 1 aromatic rings. The minimum Gasteiger partial charge on any atom is -0.354 e. The van der Waals surface area contributed by atoms with Gasteiger partial charge in [0.25, 0.3) is 5.56 Å². The smallest absolute Gasteiger partial charge is 0.354 e. The fraction of sp³-hybridized carbons (Fsp3) is 0.500. The molecule has 1 aromatic heterocycles. The third kappa shape index (κ3) is 3.26. The zero-order valence-electron chi connectivity index (χ0n) is 8.14. The van der Waals surface area contributed by atoms with E-state index in [4.69, 9.17) is 0 Å². The van der Waals surface area contributed by atoms with Crippen molar-refractivity contribution in [1.82, 2.24) is 9.97 Å². The largest absolute Gasteiger partial charge is 0.433 e. The Morgan fingerprint density at radius 2 is 2.07 bits per heavy atom. The number of anilines is 1. The van der Waals surface area contributed by atoms with Crippen LogP contribution in [0.15, 0.2) is 10.9 Å². The molecule has 2 N–H and O–H groups in total. The van der Waals surface area contributed by atoms with Crippen molar-refractivity contribution < 1.29 is 13.2 Å². The summed E-state index contributed by atoms with van der Waals surface area (Å²) in [5, 5.41) is 2.59. The number of halogens is 3. The SMILES string of the molecule is CC(C)Nc1nc(C(F)(F)F)cc(=O)[nH]1. The third-order valence-electron chi connectivity index (χ3n) is 1.46. The number of nitrogens with zero attached hydrogens (tertiary/aromatic N) is 1. The number of aromatic amines is 1. The Labute approximate surface area is 83.5 Å². The predicted octanol–water partition coefficient (Wildman–Crippen LogP) is 1.61. The molecule has 0 aliphatic rings. The third-order valence-corrected chi connectivity index (χ3v) is 1.46. The Kier molecular flexibility index (Phi) is 3.01. The molecule has 15 heavy (non-hydrogen) atoms. The van der Waals surface area contributed by atoms with Gasteiger partial charge in [0.2, 0.25) is 5.95 Å². The number of aromatic nitrogens is 2. The maximum atomic E-state index is 12.2. The number of hydrogen-bond acceptors (Lipinski definition) is 3. The van der Waals surface area contributed by atoms with Crippen LogP contribution in [0.5, 0.6) is 0 Å². The van der Waals surface area contributed by atoms with Gasteiger partial charge in [-0.3, -0.25) is 9.78 Å². The van der Waals surface area contributed by atoms with Crippen LogP contribution in [0.25, 0.3) is 0 Å². The van der Waals surface area contributed by atoms with Gasteiger partial charge in [-0.2, -0.15) is 13.2 Å². The fourth-order valence-corrected chi connectivity index (χ4v) is 0.945. The summed E-state index contributed by atoms with van der Waals surface area (Å²) in [4.78, 5) is 16.3. The van der Waals surface area contributed by atoms with Gasteiger partial charge >= 0.3 is 6.18 Å². The van der Waals surface area contributed by atoms with Crippen molar-refractivity contribution in [2.45, 2.75) is 26.1 Å². The van der Waals surface area contributed by atoms with Gasteiger partial charge in [-0.25, -0.2) is 4.98 Å². The molecule has 0 amide bonds. The lowest BCUT2D eigenvalue weighted by molar-refractivity contribution is -0.141. The standard InChI is InChI=1S/C8H10F3N3O/c1-4(2)12-7-13-5(8(9,10)11)3-6(15)14-7/h3-4H,1-2H3,(H2,12,13,14,15). The lowest BCUT2D eigenvalue weighted by atomic mass is 10.4. The molecule has 0 aromatic carbocycles. The summed E-state index contributed by atoms with van der Waals surface area (Å²) in [6, 6.07) is 0.308. The second kappa shape index (κ2) is 3.92. The summed E-state index contributed by atoms with van der Waals surface area (Å²) >= 11 is 0. The first-order valence-corrected chi connectivity index (χ1v) is 4.24. The summed E-state index contributed by atoms with van der Waals surface area (Å²) < 4.78 is 36.7. The molecule has 0 atom stereocenters. The Morgan fingerprint density at radius 1 is 1.47 bits per heavy atom. The molecule has 0 radical (unpaired) electrons. The van der Waals surface area contributed by atoms with Crippen LogP contribution in [0.3, 0.4) is 0 Å². The number of H-pyrrole nitrogens is 1. The molecule has 1 rings (SSSR count). The Bertz CT molecular complexity index is 397. The molecule has 0 unspecified atom stereocenters. The average molecular weight is 221 g/mol. The minimum atomic E-state index is -4.61. The van der Waals surface area contributed by atoms with Gasteiger partial charge in [-0.05, 0) is 13.8 Å². The monoisotopic (exact) mass is 221 g/mol. The molecule has 0 spiro atoms. The van der Waals surface area contributed by atoms with Gasteiger partial charge < -0.3 is 5.32 Å². The van der Waals surface area contributed by atoms with Gasteiger partial charge in [-0.15, -0.1) is 0 Å². The van der Waals surface area contributed by atoms with Crippen molar-refractivity contribution in [3.63, 3.8) is 0 Å². The van der Waals surface area contributed by atoms with E-state index in [1.54, 1.807) is 13.8 Å². The van der Waals surface area contributed by atoms with Gasteiger partial charge in [0.05, 0.1) is 0 Å². The summed E-state index contributed by atoms with van der Waals surface area (Å²) in [6.45, 7) is 3.44. The van der Waals surface area contributed by atoms with E-state index in [9.17, 15) is 18.0 Å². The van der Waals surface area contributed by atoms with Gasteiger partial charge in [0.1, 0.15) is 0 Å². The van der Waals surface area contributed by atoms with Crippen LogP contribution in [0, 0.1) is 0 Å². The number of rotatable bonds is 2. The zero-order valence-corrected chi connectivity index (χ0v) is 8.14. The van der Waals surface area contributed by atoms with Crippen LogP contribution in [-0.4, -0.2) is 16.0 Å². The first-order valence-electron chi connectivity index (χ1n) is 4.24. The van der Waals surface area contributed by atoms with Crippen LogP contribution in [0.4, 0.5) is 19.1 Å². The van der Waals surface area contributed by atoms with Crippen LogP contribution < -0.4 is 10.9 Å². The quantitative estimate of drug-likeness (QED) is 0.797. The second-order valence-corrected chi connectivity index (χ2v) is 3.28.